The summed E-state index contributed by atoms with van der Waals surface area (Å²) in [6, 6.07) is 5.36. The first kappa shape index (κ1) is 15.6. The molecule has 5 heteroatoms. The molecular weight excluding hydrogens is 279 g/mol. The number of amides is 1. The Morgan fingerprint density at radius 3 is 2.67 bits per heavy atom. The van der Waals surface area contributed by atoms with Crippen molar-refractivity contribution in [3.63, 3.8) is 0 Å². The van der Waals surface area contributed by atoms with Crippen LogP contribution in [-0.4, -0.2) is 23.9 Å². The number of carbonyl (C=O) groups is 1. The van der Waals surface area contributed by atoms with Gasteiger partial charge in [0.1, 0.15) is 0 Å². The Bertz CT molecular complexity index is 549. The highest BCUT2D eigenvalue weighted by molar-refractivity contribution is 5.78. The van der Waals surface area contributed by atoms with Gasteiger partial charge in [-0.25, -0.2) is 0 Å². The van der Waals surface area contributed by atoms with Gasteiger partial charge in [0, 0.05) is 19.5 Å². The van der Waals surface area contributed by atoms with Crippen molar-refractivity contribution in [2.45, 2.75) is 32.4 Å². The van der Waals surface area contributed by atoms with Crippen LogP contribution >= 0.6 is 0 Å². The summed E-state index contributed by atoms with van der Waals surface area (Å²) in [6.07, 6.45) is -0.552. The second-order valence-electron chi connectivity index (χ2n) is 5.15. The Balaban J connectivity index is 2.12. The van der Waals surface area contributed by atoms with Crippen molar-refractivity contribution in [1.29, 1.82) is 0 Å². The fraction of sp³-hybridized carbons (Fsp3) is 0.438. The summed E-state index contributed by atoms with van der Waals surface area (Å²) in [5, 5.41) is 0. The number of hydrogen-bond acceptors (Lipinski definition) is 1. The number of benzene rings is 1. The molecule has 0 bridgehead atoms. The van der Waals surface area contributed by atoms with Crippen LogP contribution in [0.1, 0.15) is 37.3 Å². The van der Waals surface area contributed by atoms with Crippen LogP contribution in [-0.2, 0) is 11.0 Å². The average Bonchev–Trinajstić information content (AvgIpc) is 2.47. The van der Waals surface area contributed by atoms with E-state index in [4.69, 9.17) is 0 Å². The molecule has 0 aliphatic carbocycles. The molecule has 21 heavy (non-hydrogen) atoms. The fourth-order valence-corrected chi connectivity index (χ4v) is 2.43. The van der Waals surface area contributed by atoms with Gasteiger partial charge in [0.2, 0.25) is 5.91 Å². The molecule has 1 aromatic rings. The largest absolute Gasteiger partial charge is 0.416 e. The van der Waals surface area contributed by atoms with E-state index in [9.17, 15) is 18.0 Å². The third-order valence-corrected chi connectivity index (χ3v) is 3.59. The van der Waals surface area contributed by atoms with Crippen molar-refractivity contribution in [2.75, 3.05) is 13.1 Å². The van der Waals surface area contributed by atoms with E-state index in [0.29, 0.717) is 31.5 Å². The van der Waals surface area contributed by atoms with Crippen molar-refractivity contribution in [3.05, 3.63) is 41.5 Å². The molecule has 1 aromatic carbocycles. The summed E-state index contributed by atoms with van der Waals surface area (Å²) in [4.78, 5) is 13.5. The lowest BCUT2D eigenvalue weighted by Gasteiger charge is -2.27. The maximum atomic E-state index is 12.7. The van der Waals surface area contributed by atoms with Crippen molar-refractivity contribution in [2.24, 2.45) is 0 Å². The normalized spacial score (nSPS) is 15.8. The summed E-state index contributed by atoms with van der Waals surface area (Å²) in [6.45, 7) is 3.00. The Morgan fingerprint density at radius 2 is 2.10 bits per heavy atom. The summed E-state index contributed by atoms with van der Waals surface area (Å²) in [5.74, 6) is 0.108. The molecule has 0 spiro atoms. The van der Waals surface area contributed by atoms with Crippen molar-refractivity contribution in [1.82, 2.24) is 4.90 Å². The van der Waals surface area contributed by atoms with E-state index in [1.54, 1.807) is 11.0 Å². The maximum Gasteiger partial charge on any atom is 0.416 e. The average molecular weight is 297 g/mol. The predicted molar refractivity (Wildman–Crippen MR) is 75.5 cm³/mol. The predicted octanol–water partition coefficient (Wildman–Crippen LogP) is 4.12. The van der Waals surface area contributed by atoms with Crippen LogP contribution in [0.4, 0.5) is 13.2 Å². The van der Waals surface area contributed by atoms with Crippen molar-refractivity contribution >= 4 is 11.5 Å². The first-order valence-electron chi connectivity index (χ1n) is 7.06. The molecule has 0 saturated carbocycles. The molecule has 0 N–H and O–H groups in total. The number of carbonyl (C=O) groups excluding carboxylic acids is 1. The lowest BCUT2D eigenvalue weighted by molar-refractivity contribution is -0.137. The summed E-state index contributed by atoms with van der Waals surface area (Å²) >= 11 is 0. The second-order valence-corrected chi connectivity index (χ2v) is 5.15. The van der Waals surface area contributed by atoms with E-state index in [-0.39, 0.29) is 5.91 Å². The van der Waals surface area contributed by atoms with Gasteiger partial charge in [0.05, 0.1) is 5.56 Å². The molecule has 2 nitrogen and oxygen atoms in total. The van der Waals surface area contributed by atoms with Gasteiger partial charge in [0.15, 0.2) is 0 Å². The summed E-state index contributed by atoms with van der Waals surface area (Å²) in [7, 11) is 0. The molecule has 0 radical (unpaired) electrons. The zero-order valence-corrected chi connectivity index (χ0v) is 11.9. The third-order valence-electron chi connectivity index (χ3n) is 3.59. The van der Waals surface area contributed by atoms with Crippen LogP contribution in [0.2, 0.25) is 0 Å². The van der Waals surface area contributed by atoms with Crippen molar-refractivity contribution < 1.29 is 18.0 Å². The van der Waals surface area contributed by atoms with Crippen LogP contribution < -0.4 is 0 Å². The number of hydrogen-bond donors (Lipinski definition) is 0. The minimum atomic E-state index is -4.33. The van der Waals surface area contributed by atoms with Crippen LogP contribution in [0.5, 0.6) is 0 Å². The maximum absolute atomic E-state index is 12.7. The molecule has 0 atom stereocenters. The Kier molecular flexibility index (Phi) is 4.70. The smallest absolute Gasteiger partial charge is 0.339 e. The first-order chi connectivity index (χ1) is 9.91. The topological polar surface area (TPSA) is 20.3 Å². The van der Waals surface area contributed by atoms with E-state index < -0.39 is 11.7 Å². The van der Waals surface area contributed by atoms with E-state index in [1.807, 2.05) is 13.0 Å². The SMILES string of the molecule is CCCC(=O)N1CC=C(c2cccc(C(F)(F)F)c2)CC1. The van der Waals surface area contributed by atoms with Gasteiger partial charge in [-0.1, -0.05) is 25.1 Å². The zero-order valence-electron chi connectivity index (χ0n) is 11.9. The summed E-state index contributed by atoms with van der Waals surface area (Å²) < 4.78 is 38.1. The van der Waals surface area contributed by atoms with Crippen LogP contribution in [0.25, 0.3) is 5.57 Å². The monoisotopic (exact) mass is 297 g/mol. The van der Waals surface area contributed by atoms with E-state index in [0.717, 1.165) is 18.1 Å². The molecule has 1 aliphatic heterocycles. The first-order valence-corrected chi connectivity index (χ1v) is 7.06. The highest BCUT2D eigenvalue weighted by Crippen LogP contribution is 2.32. The molecule has 114 valence electrons. The summed E-state index contributed by atoms with van der Waals surface area (Å²) in [5.41, 5.74) is 0.833. The van der Waals surface area contributed by atoms with Gasteiger partial charge in [-0.05, 0) is 36.1 Å². The highest BCUT2D eigenvalue weighted by Gasteiger charge is 2.30. The van der Waals surface area contributed by atoms with Crippen LogP contribution in [0.3, 0.4) is 0 Å². The number of nitrogens with zero attached hydrogens (tertiary/aromatic N) is 1. The van der Waals surface area contributed by atoms with Gasteiger partial charge in [-0.2, -0.15) is 13.2 Å². The Labute approximate surface area is 122 Å². The molecule has 0 aromatic heterocycles. The van der Waals surface area contributed by atoms with Gasteiger partial charge >= 0.3 is 6.18 Å². The fourth-order valence-electron chi connectivity index (χ4n) is 2.43. The highest BCUT2D eigenvalue weighted by atomic mass is 19.4. The van der Waals surface area contributed by atoms with Gasteiger partial charge in [0.25, 0.3) is 0 Å². The minimum absolute atomic E-state index is 0.108. The molecule has 0 fully saturated rings. The van der Waals surface area contributed by atoms with E-state index >= 15 is 0 Å². The van der Waals surface area contributed by atoms with Gasteiger partial charge in [-0.3, -0.25) is 4.79 Å². The third kappa shape index (κ3) is 3.86. The molecule has 2 rings (SSSR count). The van der Waals surface area contributed by atoms with E-state index in [2.05, 4.69) is 0 Å². The lowest BCUT2D eigenvalue weighted by Crippen LogP contribution is -2.34. The number of rotatable bonds is 3. The molecule has 0 unspecified atom stereocenters. The Morgan fingerprint density at radius 1 is 1.33 bits per heavy atom. The Hall–Kier alpha value is -1.78. The quantitative estimate of drug-likeness (QED) is 0.821. The molecule has 1 heterocycles. The zero-order chi connectivity index (χ0) is 15.5. The number of halogens is 3. The van der Waals surface area contributed by atoms with Gasteiger partial charge < -0.3 is 4.90 Å². The molecule has 0 saturated heterocycles. The minimum Gasteiger partial charge on any atom is -0.339 e. The number of alkyl halides is 3. The van der Waals surface area contributed by atoms with Crippen LogP contribution in [0, 0.1) is 0 Å². The molecule has 1 amide bonds. The van der Waals surface area contributed by atoms with Crippen molar-refractivity contribution in [3.8, 4) is 0 Å². The van der Waals surface area contributed by atoms with Gasteiger partial charge in [-0.15, -0.1) is 0 Å². The molecule has 1 aliphatic rings. The molecular formula is C16H18F3NO. The van der Waals surface area contributed by atoms with Crippen LogP contribution in [0.15, 0.2) is 30.3 Å². The standard InChI is InChI=1S/C16H18F3NO/c1-2-4-15(21)20-9-7-12(8-10-20)13-5-3-6-14(11-13)16(17,18)19/h3,5-7,11H,2,4,8-10H2,1H3. The van der Waals surface area contributed by atoms with E-state index in [1.165, 1.54) is 12.1 Å². The lowest BCUT2D eigenvalue weighted by atomic mass is 9.97. The second kappa shape index (κ2) is 6.33.